The van der Waals surface area contributed by atoms with Crippen LogP contribution in [-0.2, 0) is 29.0 Å². The predicted molar refractivity (Wildman–Crippen MR) is 128 cm³/mol. The molecular formula is C27H38N2O2. The second kappa shape index (κ2) is 12.3. The van der Waals surface area contributed by atoms with Gasteiger partial charge < -0.3 is 10.2 Å². The molecule has 0 aliphatic rings. The Morgan fingerprint density at radius 1 is 0.968 bits per heavy atom. The Hall–Kier alpha value is -2.62. The molecule has 1 N–H and O–H groups in total. The van der Waals surface area contributed by atoms with Crippen LogP contribution in [0.1, 0.15) is 62.8 Å². The molecule has 2 aromatic rings. The van der Waals surface area contributed by atoms with Crippen LogP contribution in [0.15, 0.2) is 48.5 Å². The molecule has 0 aliphatic carbocycles. The molecule has 0 radical (unpaired) electrons. The second-order valence-electron chi connectivity index (χ2n) is 8.74. The van der Waals surface area contributed by atoms with E-state index in [9.17, 15) is 9.59 Å². The number of aryl methyl sites for hydroxylation is 3. The molecule has 0 spiro atoms. The van der Waals surface area contributed by atoms with E-state index in [1.165, 1.54) is 5.56 Å². The maximum Gasteiger partial charge on any atom is 0.242 e. The highest BCUT2D eigenvalue weighted by molar-refractivity contribution is 5.87. The van der Waals surface area contributed by atoms with Gasteiger partial charge in [-0.25, -0.2) is 0 Å². The molecule has 4 heteroatoms. The van der Waals surface area contributed by atoms with Gasteiger partial charge in [-0.1, -0.05) is 81.8 Å². The zero-order valence-electron chi connectivity index (χ0n) is 19.8. The molecule has 2 amide bonds. The van der Waals surface area contributed by atoms with Crippen LogP contribution >= 0.6 is 0 Å². The van der Waals surface area contributed by atoms with Gasteiger partial charge in [-0.3, -0.25) is 9.59 Å². The second-order valence-corrected chi connectivity index (χ2v) is 8.74. The molecule has 0 aliphatic heterocycles. The summed E-state index contributed by atoms with van der Waals surface area (Å²) in [5.74, 6) is 0.325. The molecule has 2 rings (SSSR count). The topological polar surface area (TPSA) is 49.4 Å². The van der Waals surface area contributed by atoms with Crippen molar-refractivity contribution in [3.05, 3.63) is 70.8 Å². The molecule has 0 heterocycles. The van der Waals surface area contributed by atoms with Gasteiger partial charge in [0, 0.05) is 19.5 Å². The van der Waals surface area contributed by atoms with Gasteiger partial charge in [0.05, 0.1) is 0 Å². The maximum atomic E-state index is 13.3. The highest BCUT2D eigenvalue weighted by Crippen LogP contribution is 2.16. The van der Waals surface area contributed by atoms with Crippen molar-refractivity contribution < 1.29 is 9.59 Å². The van der Waals surface area contributed by atoms with Crippen molar-refractivity contribution >= 4 is 11.8 Å². The number of amides is 2. The summed E-state index contributed by atoms with van der Waals surface area (Å²) in [4.78, 5) is 28.0. The molecular weight excluding hydrogens is 384 g/mol. The molecule has 2 aromatic carbocycles. The lowest BCUT2D eigenvalue weighted by molar-refractivity contribution is -0.141. The van der Waals surface area contributed by atoms with E-state index < -0.39 is 6.04 Å². The quantitative estimate of drug-likeness (QED) is 0.550. The first-order valence-electron chi connectivity index (χ1n) is 11.5. The third-order valence-electron chi connectivity index (χ3n) is 5.56. The van der Waals surface area contributed by atoms with Gasteiger partial charge in [0.15, 0.2) is 0 Å². The first kappa shape index (κ1) is 24.6. The van der Waals surface area contributed by atoms with Crippen molar-refractivity contribution in [1.29, 1.82) is 0 Å². The van der Waals surface area contributed by atoms with E-state index in [1.54, 1.807) is 4.90 Å². The number of nitrogens with zero attached hydrogens (tertiary/aromatic N) is 1. The highest BCUT2D eigenvalue weighted by atomic mass is 16.2. The Labute approximate surface area is 188 Å². The zero-order chi connectivity index (χ0) is 22.8. The van der Waals surface area contributed by atoms with Crippen LogP contribution in [0.25, 0.3) is 0 Å². The third kappa shape index (κ3) is 7.86. The van der Waals surface area contributed by atoms with E-state index in [0.717, 1.165) is 23.1 Å². The highest BCUT2D eigenvalue weighted by Gasteiger charge is 2.28. The van der Waals surface area contributed by atoms with Crippen molar-refractivity contribution in [2.75, 3.05) is 6.54 Å². The van der Waals surface area contributed by atoms with Gasteiger partial charge in [0.1, 0.15) is 6.04 Å². The minimum Gasteiger partial charge on any atom is -0.354 e. The van der Waals surface area contributed by atoms with Crippen LogP contribution in [0.2, 0.25) is 0 Å². The lowest BCUT2D eigenvalue weighted by atomic mass is 10.0. The fraction of sp³-hybridized carbons (Fsp3) is 0.481. The molecule has 31 heavy (non-hydrogen) atoms. The van der Waals surface area contributed by atoms with Crippen molar-refractivity contribution in [2.24, 2.45) is 5.92 Å². The fourth-order valence-electron chi connectivity index (χ4n) is 3.69. The first-order chi connectivity index (χ1) is 14.8. The van der Waals surface area contributed by atoms with Crippen LogP contribution in [-0.4, -0.2) is 29.3 Å². The Balaban J connectivity index is 2.17. The number of carbonyl (C=O) groups is 2. The van der Waals surface area contributed by atoms with E-state index in [0.29, 0.717) is 38.3 Å². The van der Waals surface area contributed by atoms with Crippen molar-refractivity contribution in [3.8, 4) is 0 Å². The number of hydrogen-bond acceptors (Lipinski definition) is 2. The Kier molecular flexibility index (Phi) is 9.77. The van der Waals surface area contributed by atoms with Gasteiger partial charge in [-0.15, -0.1) is 0 Å². The lowest BCUT2D eigenvalue weighted by Crippen LogP contribution is -2.49. The number of rotatable bonds is 11. The van der Waals surface area contributed by atoms with Crippen molar-refractivity contribution in [1.82, 2.24) is 10.2 Å². The van der Waals surface area contributed by atoms with Gasteiger partial charge in [-0.2, -0.15) is 0 Å². The molecule has 168 valence electrons. The molecule has 4 nitrogen and oxygen atoms in total. The summed E-state index contributed by atoms with van der Waals surface area (Å²) >= 11 is 0. The number of hydrogen-bond donors (Lipinski definition) is 1. The van der Waals surface area contributed by atoms with Gasteiger partial charge >= 0.3 is 0 Å². The number of carbonyl (C=O) groups excluding carboxylic acids is 2. The van der Waals surface area contributed by atoms with Crippen LogP contribution in [0.4, 0.5) is 0 Å². The monoisotopic (exact) mass is 422 g/mol. The molecule has 0 unspecified atom stereocenters. The van der Waals surface area contributed by atoms with E-state index in [4.69, 9.17) is 0 Å². The maximum absolute atomic E-state index is 13.3. The van der Waals surface area contributed by atoms with Crippen molar-refractivity contribution in [3.63, 3.8) is 0 Å². The summed E-state index contributed by atoms with van der Waals surface area (Å²) in [7, 11) is 0. The fourth-order valence-corrected chi connectivity index (χ4v) is 3.69. The Bertz CT molecular complexity index is 843. The molecule has 0 bridgehead atoms. The minimum atomic E-state index is -0.464. The van der Waals surface area contributed by atoms with E-state index in [2.05, 4.69) is 56.4 Å². The minimum absolute atomic E-state index is 0.0209. The predicted octanol–water partition coefficient (Wildman–Crippen LogP) is 5.07. The summed E-state index contributed by atoms with van der Waals surface area (Å²) in [5, 5.41) is 3.02. The van der Waals surface area contributed by atoms with Crippen LogP contribution in [0, 0.1) is 12.8 Å². The smallest absolute Gasteiger partial charge is 0.242 e. The van der Waals surface area contributed by atoms with Crippen molar-refractivity contribution in [2.45, 2.75) is 72.9 Å². The van der Waals surface area contributed by atoms with Crippen LogP contribution < -0.4 is 5.32 Å². The first-order valence-corrected chi connectivity index (χ1v) is 11.5. The Morgan fingerprint density at radius 3 is 2.23 bits per heavy atom. The normalized spacial score (nSPS) is 11.9. The summed E-state index contributed by atoms with van der Waals surface area (Å²) < 4.78 is 0. The number of nitrogens with one attached hydrogen (secondary N) is 1. The van der Waals surface area contributed by atoms with Gasteiger partial charge in [0.25, 0.3) is 0 Å². The van der Waals surface area contributed by atoms with E-state index in [1.807, 2.05) is 32.0 Å². The van der Waals surface area contributed by atoms with E-state index >= 15 is 0 Å². The van der Waals surface area contributed by atoms with Gasteiger partial charge in [0.2, 0.25) is 11.8 Å². The van der Waals surface area contributed by atoms with Gasteiger partial charge in [-0.05, 0) is 48.8 Å². The molecule has 1 atom stereocenters. The zero-order valence-corrected chi connectivity index (χ0v) is 19.8. The summed E-state index contributed by atoms with van der Waals surface area (Å²) in [5.41, 5.74) is 4.65. The van der Waals surface area contributed by atoms with E-state index in [-0.39, 0.29) is 11.8 Å². The van der Waals surface area contributed by atoms with Crippen LogP contribution in [0.5, 0.6) is 0 Å². The molecule has 0 saturated carbocycles. The summed E-state index contributed by atoms with van der Waals surface area (Å²) in [6.45, 7) is 11.4. The lowest BCUT2D eigenvalue weighted by Gasteiger charge is -2.31. The molecule has 0 saturated heterocycles. The largest absolute Gasteiger partial charge is 0.354 e. The SMILES string of the molecule is CCc1ccc(CCC(=O)N(Cc2cccc(C)c2)[C@@H](CC)C(=O)NCC(C)C)cc1. The summed E-state index contributed by atoms with van der Waals surface area (Å²) in [6, 6.07) is 16.1. The number of benzene rings is 2. The van der Waals surface area contributed by atoms with Crippen LogP contribution in [0.3, 0.4) is 0 Å². The standard InChI is InChI=1S/C27H38N2O2/c1-6-22-11-13-23(14-12-22)15-16-26(30)29(19-24-10-8-9-21(5)17-24)25(7-2)27(31)28-18-20(3)4/h8-14,17,20,25H,6-7,15-16,18-19H2,1-5H3,(H,28,31)/t25-/m0/s1. The third-order valence-corrected chi connectivity index (χ3v) is 5.56. The Morgan fingerprint density at radius 2 is 1.65 bits per heavy atom. The molecule has 0 fully saturated rings. The average molecular weight is 423 g/mol. The molecule has 0 aromatic heterocycles. The summed E-state index contributed by atoms with van der Waals surface area (Å²) in [6.07, 6.45) is 2.67. The average Bonchev–Trinajstić information content (AvgIpc) is 2.76.